The zero-order chi connectivity index (χ0) is 29.4. The molecule has 6 heterocycles. The van der Waals surface area contributed by atoms with Gasteiger partial charge in [-0.3, -0.25) is 18.1 Å². The highest BCUT2D eigenvalue weighted by Crippen LogP contribution is 2.57. The van der Waals surface area contributed by atoms with Gasteiger partial charge in [0.05, 0.1) is 58.0 Å². The molecule has 0 saturated carbocycles. The molecule has 0 aromatic rings. The van der Waals surface area contributed by atoms with Gasteiger partial charge in [-0.25, -0.2) is 9.13 Å². The first-order valence-corrected chi connectivity index (χ1v) is 16.5. The summed E-state index contributed by atoms with van der Waals surface area (Å²) >= 11 is 0. The van der Waals surface area contributed by atoms with E-state index in [1.54, 1.807) is 13.8 Å². The zero-order valence-electron chi connectivity index (χ0n) is 23.4. The first kappa shape index (κ1) is 30.9. The Hall–Kier alpha value is -0.100. The van der Waals surface area contributed by atoms with E-state index in [4.69, 9.17) is 56.0 Å². The predicted molar refractivity (Wildman–Crippen MR) is 133 cm³/mol. The van der Waals surface area contributed by atoms with Gasteiger partial charge in [0.1, 0.15) is 53.4 Å². The molecule has 6 fully saturated rings. The van der Waals surface area contributed by atoms with E-state index >= 15 is 0 Å². The summed E-state index contributed by atoms with van der Waals surface area (Å²) in [6, 6.07) is 0. The Kier molecular flexibility index (Phi) is 8.11. The highest BCUT2D eigenvalue weighted by molar-refractivity contribution is 7.47. The lowest BCUT2D eigenvalue weighted by Gasteiger charge is -2.33. The first-order valence-electron chi connectivity index (χ1n) is 13.5. The lowest BCUT2D eigenvalue weighted by atomic mass is 10.00. The van der Waals surface area contributed by atoms with Crippen molar-refractivity contribution in [3.05, 3.63) is 0 Å². The van der Waals surface area contributed by atoms with E-state index in [1.807, 2.05) is 6.92 Å². The molecule has 0 aromatic heterocycles. The van der Waals surface area contributed by atoms with Gasteiger partial charge in [0.25, 0.3) is 0 Å². The van der Waals surface area contributed by atoms with E-state index in [2.05, 4.69) is 0 Å². The second kappa shape index (κ2) is 10.8. The Labute approximate surface area is 237 Å². The molecule has 0 aromatic carbocycles. The maximum atomic E-state index is 13.1. The van der Waals surface area contributed by atoms with E-state index in [-0.39, 0.29) is 51.3 Å². The summed E-state index contributed by atoms with van der Waals surface area (Å²) in [6.45, 7) is 4.64. The van der Waals surface area contributed by atoms with Crippen LogP contribution in [0, 0.1) is 0 Å². The number of methoxy groups -OCH3 is 2. The van der Waals surface area contributed by atoms with Crippen LogP contribution in [0.2, 0.25) is 0 Å². The van der Waals surface area contributed by atoms with Crippen LogP contribution in [-0.2, 0) is 65.1 Å². The summed E-state index contributed by atoms with van der Waals surface area (Å²) in [7, 11) is -6.46. The molecule has 2 N–H and O–H groups in total. The second-order valence-electron chi connectivity index (χ2n) is 11.6. The van der Waals surface area contributed by atoms with Crippen LogP contribution < -0.4 is 0 Å². The van der Waals surface area contributed by atoms with Gasteiger partial charge in [-0.05, 0) is 20.8 Å². The number of ether oxygens (including phenoxy) is 8. The Bertz CT molecular complexity index is 1100. The molecule has 0 spiro atoms. The van der Waals surface area contributed by atoms with Crippen molar-refractivity contribution in [2.75, 3.05) is 53.9 Å². The molecule has 6 aliphatic heterocycles. The lowest BCUT2D eigenvalue weighted by molar-refractivity contribution is -0.162. The summed E-state index contributed by atoms with van der Waals surface area (Å²) in [6.07, 6.45) is -5.48. The molecule has 8 unspecified atom stereocenters. The van der Waals surface area contributed by atoms with E-state index in [0.29, 0.717) is 0 Å². The third kappa shape index (κ3) is 5.21. The zero-order valence-corrected chi connectivity index (χ0v) is 25.2. The van der Waals surface area contributed by atoms with Crippen molar-refractivity contribution in [2.24, 2.45) is 0 Å². The largest absolute Gasteiger partial charge is 0.472 e. The van der Waals surface area contributed by atoms with Gasteiger partial charge in [-0.2, -0.15) is 0 Å². The molecule has 6 bridgehead atoms. The molecular formula is C23H38O16P2. The van der Waals surface area contributed by atoms with Crippen LogP contribution in [0.4, 0.5) is 0 Å². The monoisotopic (exact) mass is 632 g/mol. The van der Waals surface area contributed by atoms with Crippen LogP contribution in [0.1, 0.15) is 20.8 Å². The average Bonchev–Trinajstić information content (AvgIpc) is 3.69. The number of hydrogen-bond acceptors (Lipinski definition) is 14. The van der Waals surface area contributed by atoms with Crippen LogP contribution in [0.15, 0.2) is 0 Å². The summed E-state index contributed by atoms with van der Waals surface area (Å²) < 4.78 is 93.9. The van der Waals surface area contributed by atoms with E-state index in [0.717, 1.165) is 0 Å². The highest BCUT2D eigenvalue weighted by Gasteiger charge is 2.66. The van der Waals surface area contributed by atoms with Crippen molar-refractivity contribution in [3.63, 3.8) is 0 Å². The fraction of sp³-hybridized carbons (Fsp3) is 1.00. The van der Waals surface area contributed by atoms with Crippen molar-refractivity contribution < 1.29 is 74.9 Å². The minimum atomic E-state index is -4.73. The van der Waals surface area contributed by atoms with Gasteiger partial charge in [0.2, 0.25) is 0 Å². The molecule has 6 saturated heterocycles. The number of hydrogen-bond donors (Lipinski definition) is 2. The smallest absolute Gasteiger partial charge is 0.381 e. The van der Waals surface area contributed by atoms with E-state index < -0.39 is 75.7 Å². The summed E-state index contributed by atoms with van der Waals surface area (Å²) in [5, 5.41) is 0. The molecular weight excluding hydrogens is 594 g/mol. The minimum absolute atomic E-state index is 0.0867. The molecule has 6 rings (SSSR count). The first-order chi connectivity index (χ1) is 19.3. The molecule has 0 aliphatic carbocycles. The van der Waals surface area contributed by atoms with Gasteiger partial charge in [0, 0.05) is 14.2 Å². The van der Waals surface area contributed by atoms with E-state index in [9.17, 15) is 18.9 Å². The molecule has 41 heavy (non-hydrogen) atoms. The molecule has 0 radical (unpaired) electrons. The SMILES string of the molecule is COCC12COC([C@@H](C)O1)[C@@H]2OP(=O)(O)OCC12COC([C@@H](C)O1)[C@@H]2OP(=O)(O)OCC12COC([C@@H](C)O1)[C@@H]2OC. The Morgan fingerprint density at radius 1 is 0.659 bits per heavy atom. The molecule has 18 heteroatoms. The second-order valence-corrected chi connectivity index (χ2v) is 14.4. The van der Waals surface area contributed by atoms with Crippen LogP contribution in [0.3, 0.4) is 0 Å². The Morgan fingerprint density at radius 2 is 1.02 bits per heavy atom. The Balaban J connectivity index is 1.11. The number of phosphoric acid groups is 2. The molecule has 14 atom stereocenters. The van der Waals surface area contributed by atoms with Crippen LogP contribution in [0.5, 0.6) is 0 Å². The fourth-order valence-corrected chi connectivity index (χ4v) is 9.07. The maximum Gasteiger partial charge on any atom is 0.472 e. The standard InChI is InChI=1S/C23H38O16P2/c1-12-15-18(29-5)22(36-12,8-30-15)10-33-40(24,25)39-20-17-14(3)37-23(20,9-32-17)11-34-41(26,27)38-19-16-13(2)35-21(19,6-28-4)7-31-16/h12-20H,6-11H2,1-5H3,(H,24,25)(H,26,27)/t12-,13-,14-,15?,16?,17?,18+,19+,20+,21?,22?,23?/m1/s1. The average molecular weight is 632 g/mol. The minimum Gasteiger partial charge on any atom is -0.381 e. The highest BCUT2D eigenvalue weighted by atomic mass is 31.2. The number of rotatable bonds is 13. The van der Waals surface area contributed by atoms with Gasteiger partial charge in [-0.1, -0.05) is 0 Å². The van der Waals surface area contributed by atoms with Crippen LogP contribution >= 0.6 is 15.6 Å². The van der Waals surface area contributed by atoms with Crippen molar-refractivity contribution in [1.82, 2.24) is 0 Å². The van der Waals surface area contributed by atoms with Crippen LogP contribution in [0.25, 0.3) is 0 Å². The number of fused-ring (bicyclic) bond motifs is 6. The van der Waals surface area contributed by atoms with Gasteiger partial charge < -0.3 is 47.7 Å². The van der Waals surface area contributed by atoms with Crippen molar-refractivity contribution in [3.8, 4) is 0 Å². The van der Waals surface area contributed by atoms with Crippen molar-refractivity contribution in [2.45, 2.75) is 92.5 Å². The van der Waals surface area contributed by atoms with Gasteiger partial charge in [-0.15, -0.1) is 0 Å². The van der Waals surface area contributed by atoms with E-state index in [1.165, 1.54) is 14.2 Å². The predicted octanol–water partition coefficient (Wildman–Crippen LogP) is 0.321. The normalized spacial score (nSPS) is 51.0. The van der Waals surface area contributed by atoms with Crippen molar-refractivity contribution in [1.29, 1.82) is 0 Å². The third-order valence-corrected chi connectivity index (χ3v) is 10.6. The van der Waals surface area contributed by atoms with Crippen molar-refractivity contribution >= 4 is 15.6 Å². The quantitative estimate of drug-likeness (QED) is 0.264. The van der Waals surface area contributed by atoms with Crippen LogP contribution in [-0.4, -0.2) is 135 Å². The number of phosphoric ester groups is 2. The summed E-state index contributed by atoms with van der Waals surface area (Å²) in [4.78, 5) is 21.4. The summed E-state index contributed by atoms with van der Waals surface area (Å²) in [5.41, 5.74) is -3.61. The Morgan fingerprint density at radius 3 is 1.39 bits per heavy atom. The molecule has 16 nitrogen and oxygen atoms in total. The van der Waals surface area contributed by atoms with Gasteiger partial charge >= 0.3 is 15.6 Å². The topological polar surface area (TPSA) is 185 Å². The van der Waals surface area contributed by atoms with Gasteiger partial charge in [0.15, 0.2) is 0 Å². The fourth-order valence-electron chi connectivity index (χ4n) is 6.99. The summed E-state index contributed by atoms with van der Waals surface area (Å²) in [5.74, 6) is 0. The third-order valence-electron chi connectivity index (χ3n) is 8.74. The molecule has 0 amide bonds. The molecule has 236 valence electrons. The maximum absolute atomic E-state index is 13.1. The molecule has 6 aliphatic rings. The lowest BCUT2D eigenvalue weighted by Crippen LogP contribution is -2.47.